The van der Waals surface area contributed by atoms with Crippen LogP contribution in [0.5, 0.6) is 0 Å². The first kappa shape index (κ1) is 26.0. The molecule has 1 fully saturated rings. The number of aryl methyl sites for hydroxylation is 2. The molecule has 35 heavy (non-hydrogen) atoms. The number of carbonyl (C=O) groups excluding carboxylic acids is 1. The fourth-order valence-corrected chi connectivity index (χ4v) is 5.84. The van der Waals surface area contributed by atoms with Crippen LogP contribution in [0.15, 0.2) is 12.4 Å². The summed E-state index contributed by atoms with van der Waals surface area (Å²) in [5.41, 5.74) is 1.97. The molecule has 192 valence electrons. The van der Waals surface area contributed by atoms with Crippen molar-refractivity contribution in [3.05, 3.63) is 39.4 Å². The van der Waals surface area contributed by atoms with Gasteiger partial charge in [0.05, 0.1) is 17.8 Å². The Morgan fingerprint density at radius 1 is 1.14 bits per heavy atom. The van der Waals surface area contributed by atoms with Crippen molar-refractivity contribution in [1.29, 1.82) is 0 Å². The smallest absolute Gasteiger partial charge is 0.353 e. The molecule has 0 saturated heterocycles. The average molecular weight is 510 g/mol. The van der Waals surface area contributed by atoms with Gasteiger partial charge < -0.3 is 10.2 Å². The number of thiazole rings is 1. The zero-order chi connectivity index (χ0) is 24.8. The summed E-state index contributed by atoms with van der Waals surface area (Å²) in [6.45, 7) is 4.78. The lowest BCUT2D eigenvalue weighted by molar-refractivity contribution is -0.134. The summed E-state index contributed by atoms with van der Waals surface area (Å²) >= 11 is 1.57. The lowest BCUT2D eigenvalue weighted by Crippen LogP contribution is -2.38. The molecule has 0 spiro atoms. The van der Waals surface area contributed by atoms with E-state index in [0.29, 0.717) is 18.2 Å². The van der Waals surface area contributed by atoms with Gasteiger partial charge in [-0.05, 0) is 63.5 Å². The van der Waals surface area contributed by atoms with E-state index in [4.69, 9.17) is 0 Å². The molecule has 4 rings (SSSR count). The minimum Gasteiger partial charge on any atom is -0.353 e. The SMILES string of the molecule is Cc1ncc(CC(=O)N[C@H]2CC[C@H](CCN3CCc4cnc(CCC(F)(F)F)nc4CC3)CC2)s1. The van der Waals surface area contributed by atoms with Gasteiger partial charge in [0.2, 0.25) is 5.91 Å². The van der Waals surface area contributed by atoms with Gasteiger partial charge in [-0.15, -0.1) is 11.3 Å². The molecular weight excluding hydrogens is 475 g/mol. The van der Waals surface area contributed by atoms with Crippen LogP contribution in [0.25, 0.3) is 0 Å². The normalized spacial score (nSPS) is 21.4. The number of nitrogens with one attached hydrogen (secondary N) is 1. The summed E-state index contributed by atoms with van der Waals surface area (Å²) in [5, 5.41) is 4.18. The predicted molar refractivity (Wildman–Crippen MR) is 129 cm³/mol. The van der Waals surface area contributed by atoms with Gasteiger partial charge in [-0.25, -0.2) is 15.0 Å². The Kier molecular flexibility index (Phi) is 8.75. The fraction of sp³-hybridized carbons (Fsp3) is 0.680. The second kappa shape index (κ2) is 11.8. The summed E-state index contributed by atoms with van der Waals surface area (Å²) in [5.74, 6) is 1.05. The van der Waals surface area contributed by atoms with E-state index >= 15 is 0 Å². The van der Waals surface area contributed by atoms with E-state index in [1.165, 1.54) is 0 Å². The highest BCUT2D eigenvalue weighted by Crippen LogP contribution is 2.28. The van der Waals surface area contributed by atoms with E-state index in [-0.39, 0.29) is 18.4 Å². The Labute approximate surface area is 208 Å². The minimum absolute atomic E-state index is 0.0888. The Morgan fingerprint density at radius 3 is 2.63 bits per heavy atom. The summed E-state index contributed by atoms with van der Waals surface area (Å²) < 4.78 is 37.5. The molecule has 1 N–H and O–H groups in total. The van der Waals surface area contributed by atoms with E-state index in [1.54, 1.807) is 23.7 Å². The lowest BCUT2D eigenvalue weighted by atomic mass is 9.84. The molecule has 0 aromatic carbocycles. The van der Waals surface area contributed by atoms with Crippen LogP contribution >= 0.6 is 11.3 Å². The molecule has 0 bridgehead atoms. The highest BCUT2D eigenvalue weighted by molar-refractivity contribution is 7.11. The van der Waals surface area contributed by atoms with Gasteiger partial charge in [-0.2, -0.15) is 13.2 Å². The first-order valence-corrected chi connectivity index (χ1v) is 13.4. The number of hydrogen-bond acceptors (Lipinski definition) is 6. The van der Waals surface area contributed by atoms with Crippen LogP contribution < -0.4 is 5.32 Å². The van der Waals surface area contributed by atoms with Crippen molar-refractivity contribution in [2.45, 2.75) is 83.4 Å². The van der Waals surface area contributed by atoms with Crippen LogP contribution in [-0.2, 0) is 30.5 Å². The maximum Gasteiger partial charge on any atom is 0.389 e. The van der Waals surface area contributed by atoms with Gasteiger partial charge in [0.1, 0.15) is 5.82 Å². The molecular formula is C25H34F3N5OS. The number of nitrogens with zero attached hydrogens (tertiary/aromatic N) is 4. The van der Waals surface area contributed by atoms with E-state index in [0.717, 1.165) is 85.7 Å². The maximum absolute atomic E-state index is 12.5. The molecule has 0 radical (unpaired) electrons. The topological polar surface area (TPSA) is 71.0 Å². The average Bonchev–Trinajstić information content (AvgIpc) is 3.10. The second-order valence-corrected chi connectivity index (χ2v) is 11.1. The van der Waals surface area contributed by atoms with Gasteiger partial charge in [0.15, 0.2) is 0 Å². The molecule has 1 saturated carbocycles. The van der Waals surface area contributed by atoms with E-state index in [2.05, 4.69) is 25.2 Å². The van der Waals surface area contributed by atoms with Crippen molar-refractivity contribution in [1.82, 2.24) is 25.2 Å². The molecule has 1 amide bonds. The van der Waals surface area contributed by atoms with Gasteiger partial charge in [0.25, 0.3) is 0 Å². The third-order valence-electron chi connectivity index (χ3n) is 7.07. The van der Waals surface area contributed by atoms with Crippen LogP contribution in [0.2, 0.25) is 0 Å². The summed E-state index contributed by atoms with van der Waals surface area (Å²) in [6, 6.07) is 0.269. The molecule has 1 aliphatic heterocycles. The Morgan fingerprint density at radius 2 is 1.91 bits per heavy atom. The van der Waals surface area contributed by atoms with Crippen LogP contribution in [0.1, 0.15) is 65.5 Å². The van der Waals surface area contributed by atoms with Crippen molar-refractivity contribution in [2.24, 2.45) is 5.92 Å². The second-order valence-electron chi connectivity index (χ2n) is 9.81. The molecule has 3 heterocycles. The molecule has 10 heteroatoms. The third kappa shape index (κ3) is 8.24. The lowest BCUT2D eigenvalue weighted by Gasteiger charge is -2.30. The molecule has 2 aromatic heterocycles. The number of amides is 1. The first-order valence-electron chi connectivity index (χ1n) is 12.6. The quantitative estimate of drug-likeness (QED) is 0.570. The standard InChI is InChI=1S/C25H34F3N5OS/c1-17-29-16-21(35-17)14-24(34)31-20-4-2-18(3-5-20)7-11-33-12-8-19-15-30-23(6-10-25(26,27)28)32-22(19)9-13-33/h15-16,18,20H,2-14H2,1H3,(H,31,34)/t18-,20-. The number of fused-ring (bicyclic) bond motifs is 1. The van der Waals surface area contributed by atoms with Crippen LogP contribution in [0.4, 0.5) is 13.2 Å². The van der Waals surface area contributed by atoms with Crippen LogP contribution in [0.3, 0.4) is 0 Å². The maximum atomic E-state index is 12.5. The number of rotatable bonds is 8. The van der Waals surface area contributed by atoms with Gasteiger partial charge in [-0.3, -0.25) is 4.79 Å². The molecule has 0 unspecified atom stereocenters. The van der Waals surface area contributed by atoms with Crippen LogP contribution in [0, 0.1) is 12.8 Å². The van der Waals surface area contributed by atoms with Crippen molar-refractivity contribution in [3.63, 3.8) is 0 Å². The Bertz CT molecular complexity index is 988. The third-order valence-corrected chi connectivity index (χ3v) is 7.98. The van der Waals surface area contributed by atoms with Crippen molar-refractivity contribution in [3.8, 4) is 0 Å². The monoisotopic (exact) mass is 509 g/mol. The first-order chi connectivity index (χ1) is 16.7. The number of alkyl halides is 3. The highest BCUT2D eigenvalue weighted by atomic mass is 32.1. The molecule has 1 aliphatic carbocycles. The summed E-state index contributed by atoms with van der Waals surface area (Å²) in [6.07, 6.45) is 5.76. The summed E-state index contributed by atoms with van der Waals surface area (Å²) in [4.78, 5) is 28.6. The van der Waals surface area contributed by atoms with Crippen molar-refractivity contribution in [2.75, 3.05) is 19.6 Å². The van der Waals surface area contributed by atoms with Gasteiger partial charge in [-0.1, -0.05) is 0 Å². The Balaban J connectivity index is 1.16. The zero-order valence-electron chi connectivity index (χ0n) is 20.2. The largest absolute Gasteiger partial charge is 0.389 e. The van der Waals surface area contributed by atoms with Crippen molar-refractivity contribution >= 4 is 17.2 Å². The molecule has 6 nitrogen and oxygen atoms in total. The van der Waals surface area contributed by atoms with Gasteiger partial charge in [0, 0.05) is 54.9 Å². The molecule has 2 aromatic rings. The van der Waals surface area contributed by atoms with E-state index in [1.807, 2.05) is 6.92 Å². The minimum atomic E-state index is -4.18. The van der Waals surface area contributed by atoms with E-state index in [9.17, 15) is 18.0 Å². The number of carbonyl (C=O) groups is 1. The molecule has 2 aliphatic rings. The fourth-order valence-electron chi connectivity index (χ4n) is 5.05. The number of halogens is 3. The van der Waals surface area contributed by atoms with E-state index < -0.39 is 12.6 Å². The molecule has 0 atom stereocenters. The number of aromatic nitrogens is 3. The van der Waals surface area contributed by atoms with Crippen LogP contribution in [-0.4, -0.2) is 57.6 Å². The zero-order valence-corrected chi connectivity index (χ0v) is 21.1. The van der Waals surface area contributed by atoms with Crippen molar-refractivity contribution < 1.29 is 18.0 Å². The number of hydrogen-bond donors (Lipinski definition) is 1. The predicted octanol–water partition coefficient (Wildman–Crippen LogP) is 4.44. The highest BCUT2D eigenvalue weighted by Gasteiger charge is 2.28. The summed E-state index contributed by atoms with van der Waals surface area (Å²) in [7, 11) is 0. The van der Waals surface area contributed by atoms with Gasteiger partial charge >= 0.3 is 6.18 Å². The Hall–Kier alpha value is -2.07.